The molecule has 2 heterocycles. The van der Waals surface area contributed by atoms with Gasteiger partial charge >= 0.3 is 0 Å². The fraction of sp³-hybridized carbons (Fsp3) is 0.294. The average molecular weight is 286 g/mol. The van der Waals surface area contributed by atoms with Crippen LogP contribution in [0.3, 0.4) is 0 Å². The van der Waals surface area contributed by atoms with Crippen molar-refractivity contribution in [3.05, 3.63) is 58.9 Å². The summed E-state index contributed by atoms with van der Waals surface area (Å²) in [6.45, 7) is 0.717. The van der Waals surface area contributed by atoms with Gasteiger partial charge in [-0.3, -0.25) is 0 Å². The van der Waals surface area contributed by atoms with Crippen LogP contribution in [-0.2, 0) is 6.42 Å². The zero-order valence-electron chi connectivity index (χ0n) is 11.4. The molecule has 21 heavy (non-hydrogen) atoms. The van der Waals surface area contributed by atoms with Crippen LogP contribution in [0.15, 0.2) is 36.4 Å². The van der Waals surface area contributed by atoms with E-state index in [0.29, 0.717) is 17.7 Å². The zero-order valence-corrected chi connectivity index (χ0v) is 11.4. The van der Waals surface area contributed by atoms with Crippen LogP contribution in [0.5, 0.6) is 11.5 Å². The smallest absolute Gasteiger partial charge is 0.127 e. The minimum Gasteiger partial charge on any atom is -0.493 e. The standard InChI is InChI=1S/C17H15FO3/c18-12-2-4-16-13(8-12)14(19)9-17(21-16)10-1-3-15-11(7-10)5-6-20-15/h1-4,7-8,14,17,19H,5-6,9H2. The van der Waals surface area contributed by atoms with Gasteiger partial charge in [-0.05, 0) is 41.5 Å². The molecular weight excluding hydrogens is 271 g/mol. The van der Waals surface area contributed by atoms with Gasteiger partial charge in [-0.2, -0.15) is 0 Å². The van der Waals surface area contributed by atoms with E-state index in [-0.39, 0.29) is 11.9 Å². The largest absolute Gasteiger partial charge is 0.493 e. The van der Waals surface area contributed by atoms with Crippen LogP contribution >= 0.6 is 0 Å². The lowest BCUT2D eigenvalue weighted by Gasteiger charge is -2.30. The number of rotatable bonds is 1. The Kier molecular flexibility index (Phi) is 2.86. The van der Waals surface area contributed by atoms with Crippen LogP contribution < -0.4 is 9.47 Å². The molecule has 1 N–H and O–H groups in total. The maximum Gasteiger partial charge on any atom is 0.127 e. The second-order valence-corrected chi connectivity index (χ2v) is 5.51. The second-order valence-electron chi connectivity index (χ2n) is 5.51. The summed E-state index contributed by atoms with van der Waals surface area (Å²) in [5.41, 5.74) is 2.72. The first-order chi connectivity index (χ1) is 10.2. The highest BCUT2D eigenvalue weighted by Gasteiger charge is 2.29. The quantitative estimate of drug-likeness (QED) is 0.874. The number of halogens is 1. The molecular formula is C17H15FO3. The van der Waals surface area contributed by atoms with Crippen LogP contribution in [0.4, 0.5) is 4.39 Å². The number of aliphatic hydroxyl groups excluding tert-OH is 1. The molecule has 0 saturated heterocycles. The monoisotopic (exact) mass is 286 g/mol. The van der Waals surface area contributed by atoms with Gasteiger partial charge in [-0.25, -0.2) is 4.39 Å². The minimum absolute atomic E-state index is 0.219. The molecule has 4 rings (SSSR count). The normalized spacial score (nSPS) is 23.0. The zero-order chi connectivity index (χ0) is 14.4. The molecule has 2 aliphatic rings. The Morgan fingerprint density at radius 1 is 1.10 bits per heavy atom. The lowest BCUT2D eigenvalue weighted by molar-refractivity contribution is 0.0653. The van der Waals surface area contributed by atoms with E-state index in [4.69, 9.17) is 9.47 Å². The van der Waals surface area contributed by atoms with E-state index in [1.807, 2.05) is 12.1 Å². The highest BCUT2D eigenvalue weighted by Crippen LogP contribution is 2.42. The number of ether oxygens (including phenoxy) is 2. The first kappa shape index (κ1) is 12.7. The van der Waals surface area contributed by atoms with Crippen LogP contribution in [-0.4, -0.2) is 11.7 Å². The molecule has 0 radical (unpaired) electrons. The van der Waals surface area contributed by atoms with Crippen molar-refractivity contribution in [2.45, 2.75) is 25.0 Å². The maximum absolute atomic E-state index is 13.3. The van der Waals surface area contributed by atoms with Crippen LogP contribution in [0.25, 0.3) is 0 Å². The van der Waals surface area contributed by atoms with Gasteiger partial charge in [0.2, 0.25) is 0 Å². The van der Waals surface area contributed by atoms with Crippen molar-refractivity contribution in [3.8, 4) is 11.5 Å². The van der Waals surface area contributed by atoms with Crippen molar-refractivity contribution < 1.29 is 19.0 Å². The molecule has 2 aromatic rings. The summed E-state index contributed by atoms with van der Waals surface area (Å²) in [6.07, 6.45) is 0.402. The van der Waals surface area contributed by atoms with E-state index in [0.717, 1.165) is 24.3 Å². The first-order valence-electron chi connectivity index (χ1n) is 7.10. The van der Waals surface area contributed by atoms with Gasteiger partial charge in [0.15, 0.2) is 0 Å². The van der Waals surface area contributed by atoms with Crippen molar-refractivity contribution in [2.24, 2.45) is 0 Å². The van der Waals surface area contributed by atoms with Crippen LogP contribution in [0.1, 0.15) is 35.3 Å². The third-order valence-electron chi connectivity index (χ3n) is 4.12. The highest BCUT2D eigenvalue weighted by atomic mass is 19.1. The van der Waals surface area contributed by atoms with Gasteiger partial charge in [0.25, 0.3) is 0 Å². The van der Waals surface area contributed by atoms with E-state index in [1.54, 1.807) is 6.07 Å². The molecule has 2 unspecified atom stereocenters. The van der Waals surface area contributed by atoms with Gasteiger partial charge in [-0.15, -0.1) is 0 Å². The molecule has 2 aromatic carbocycles. The first-order valence-corrected chi connectivity index (χ1v) is 7.10. The van der Waals surface area contributed by atoms with Gasteiger partial charge in [0, 0.05) is 18.4 Å². The van der Waals surface area contributed by atoms with Gasteiger partial charge in [-0.1, -0.05) is 6.07 Å². The summed E-state index contributed by atoms with van der Waals surface area (Å²) in [5, 5.41) is 10.2. The SMILES string of the molecule is OC1CC(c2ccc3c(c2)CCO3)Oc2ccc(F)cc21. The number of hydrogen-bond donors (Lipinski definition) is 1. The number of hydrogen-bond acceptors (Lipinski definition) is 3. The Labute approximate surface area is 121 Å². The molecule has 2 atom stereocenters. The van der Waals surface area contributed by atoms with E-state index in [9.17, 15) is 9.50 Å². The molecule has 4 heteroatoms. The van der Waals surface area contributed by atoms with Crippen LogP contribution in [0, 0.1) is 5.82 Å². The fourth-order valence-electron chi connectivity index (χ4n) is 3.03. The topological polar surface area (TPSA) is 38.7 Å². The molecule has 0 spiro atoms. The summed E-state index contributed by atoms with van der Waals surface area (Å²) < 4.78 is 24.7. The van der Waals surface area contributed by atoms with E-state index in [2.05, 4.69) is 6.07 Å². The summed E-state index contributed by atoms with van der Waals surface area (Å²) in [4.78, 5) is 0. The molecule has 2 aliphatic heterocycles. The predicted molar refractivity (Wildman–Crippen MR) is 75.0 cm³/mol. The average Bonchev–Trinajstić information content (AvgIpc) is 2.95. The lowest BCUT2D eigenvalue weighted by Crippen LogP contribution is -2.19. The molecule has 0 amide bonds. The summed E-state index contributed by atoms with van der Waals surface area (Å²) in [5.74, 6) is 1.12. The second kappa shape index (κ2) is 4.74. The lowest BCUT2D eigenvalue weighted by atomic mass is 9.94. The van der Waals surface area contributed by atoms with Gasteiger partial charge in [0.1, 0.15) is 23.4 Å². The van der Waals surface area contributed by atoms with Crippen molar-refractivity contribution in [1.29, 1.82) is 0 Å². The number of fused-ring (bicyclic) bond motifs is 2. The Bertz CT molecular complexity index is 698. The fourth-order valence-corrected chi connectivity index (χ4v) is 3.03. The maximum atomic E-state index is 13.3. The van der Waals surface area contributed by atoms with Crippen LogP contribution in [0.2, 0.25) is 0 Å². The van der Waals surface area contributed by atoms with Crippen molar-refractivity contribution in [3.63, 3.8) is 0 Å². The molecule has 0 saturated carbocycles. The number of benzene rings is 2. The molecule has 3 nitrogen and oxygen atoms in total. The Hall–Kier alpha value is -2.07. The molecule has 0 fully saturated rings. The Morgan fingerprint density at radius 2 is 1.95 bits per heavy atom. The Morgan fingerprint density at radius 3 is 2.86 bits per heavy atom. The van der Waals surface area contributed by atoms with E-state index >= 15 is 0 Å². The molecule has 0 aliphatic carbocycles. The van der Waals surface area contributed by atoms with Crippen molar-refractivity contribution in [2.75, 3.05) is 6.61 Å². The van der Waals surface area contributed by atoms with E-state index < -0.39 is 6.10 Å². The third-order valence-corrected chi connectivity index (χ3v) is 4.12. The molecule has 108 valence electrons. The number of aliphatic hydroxyl groups is 1. The third kappa shape index (κ3) is 2.16. The molecule has 0 aromatic heterocycles. The van der Waals surface area contributed by atoms with Crippen molar-refractivity contribution >= 4 is 0 Å². The van der Waals surface area contributed by atoms with Crippen molar-refractivity contribution in [1.82, 2.24) is 0 Å². The predicted octanol–water partition coefficient (Wildman–Crippen LogP) is 3.32. The highest BCUT2D eigenvalue weighted by molar-refractivity contribution is 5.43. The summed E-state index contributed by atoms with van der Waals surface area (Å²) in [7, 11) is 0. The summed E-state index contributed by atoms with van der Waals surface area (Å²) in [6, 6.07) is 10.3. The minimum atomic E-state index is -0.709. The van der Waals surface area contributed by atoms with Gasteiger partial charge < -0.3 is 14.6 Å². The summed E-state index contributed by atoms with van der Waals surface area (Å²) >= 11 is 0. The molecule has 0 bridgehead atoms. The van der Waals surface area contributed by atoms with E-state index in [1.165, 1.54) is 17.7 Å². The Balaban J connectivity index is 1.67. The van der Waals surface area contributed by atoms with Gasteiger partial charge in [0.05, 0.1) is 12.7 Å².